The van der Waals surface area contributed by atoms with E-state index >= 15 is 0 Å². The van der Waals surface area contributed by atoms with E-state index in [1.54, 1.807) is 60.0 Å². The molecule has 418 valence electrons. The second-order valence-electron chi connectivity index (χ2n) is 20.8. The summed E-state index contributed by atoms with van der Waals surface area (Å²) in [5.74, 6) is 1.13. The first kappa shape index (κ1) is 69.3. The van der Waals surface area contributed by atoms with Crippen molar-refractivity contribution in [3.8, 4) is 24.1 Å². The van der Waals surface area contributed by atoms with E-state index in [-0.39, 0.29) is 40.9 Å². The van der Waals surface area contributed by atoms with E-state index in [4.69, 9.17) is 10.7 Å². The number of alkyl halides is 5. The van der Waals surface area contributed by atoms with Gasteiger partial charge in [0.15, 0.2) is 0 Å². The van der Waals surface area contributed by atoms with Crippen molar-refractivity contribution in [2.75, 3.05) is 18.8 Å². The highest BCUT2D eigenvalue weighted by Crippen LogP contribution is 2.64. The molecule has 0 aliphatic heterocycles. The van der Waals surface area contributed by atoms with Gasteiger partial charge in [-0.25, -0.2) is 9.67 Å². The Hall–Kier alpha value is -5.69. The summed E-state index contributed by atoms with van der Waals surface area (Å²) in [5.41, 5.74) is 10.3. The number of anilines is 1. The molecule has 16 heteroatoms. The number of hydrogen-bond acceptors (Lipinski definition) is 10. The standard InChI is InChI=1S/C24H32N4O.C21H35F3N2O.C9H12F2N2O.C3H8.C2H2/c1-6-10-24(22(29)15(3)4)12-20(24)19-8-9-21(28-16(19)5)17-11-18(13-26-7-2)23(25)27-14-17;1-9-17(13-25-14-20(7,8)27)15(3)11-18(21(22,23)24)26-16(4)12-19(5,6)10-2;1-6(7(2)14)3-8-4-12-13(5-8)9(10)11;1-3-2;1-2/h8-9,11,13-15,20H,6-7,10,12H2,1-5H3,(H2,25,27);9,11,13,16,27H,10,12,14H2,1-8H3;4-6,9H,3H2,1-2H3;3H2,1-2H3;1-2H/b;15-11+,17-9+,25-13?,26-18?;;;. The number of ketones is 2. The molecule has 3 aromatic rings. The van der Waals surface area contributed by atoms with Crippen molar-refractivity contribution in [3.05, 3.63) is 82.5 Å². The zero-order valence-electron chi connectivity index (χ0n) is 48.0. The number of allylic oxidation sites excluding steroid dienone is 4. The first-order chi connectivity index (χ1) is 34.9. The Morgan fingerprint density at radius 1 is 1.00 bits per heavy atom. The van der Waals surface area contributed by atoms with Gasteiger partial charge in [-0.2, -0.15) is 27.1 Å². The van der Waals surface area contributed by atoms with Gasteiger partial charge in [-0.1, -0.05) is 93.7 Å². The van der Waals surface area contributed by atoms with E-state index in [0.29, 0.717) is 52.4 Å². The third-order valence-electron chi connectivity index (χ3n) is 12.3. The van der Waals surface area contributed by atoms with Gasteiger partial charge in [0.25, 0.3) is 0 Å². The Kier molecular flexibility index (Phi) is 30.2. The molecule has 1 saturated carbocycles. The van der Waals surface area contributed by atoms with E-state index < -0.39 is 30.1 Å². The van der Waals surface area contributed by atoms with Gasteiger partial charge in [-0.3, -0.25) is 29.6 Å². The number of aryl methyl sites for hydroxylation is 1. The van der Waals surface area contributed by atoms with Crippen molar-refractivity contribution in [2.45, 2.75) is 193 Å². The summed E-state index contributed by atoms with van der Waals surface area (Å²) in [7, 11) is 0. The number of rotatable bonds is 21. The van der Waals surface area contributed by atoms with Gasteiger partial charge in [-0.05, 0) is 133 Å². The molecule has 0 bridgehead atoms. The number of carbonyl (C=O) groups is 2. The molecule has 0 aromatic carbocycles. The van der Waals surface area contributed by atoms with Gasteiger partial charge in [0, 0.05) is 71.5 Å². The van der Waals surface area contributed by atoms with Crippen LogP contribution in [0.15, 0.2) is 75.1 Å². The summed E-state index contributed by atoms with van der Waals surface area (Å²) in [6.45, 7) is 30.3. The monoisotopic (exact) mass is 1050 g/mol. The van der Waals surface area contributed by atoms with Gasteiger partial charge >= 0.3 is 12.7 Å². The topological polar surface area (TPSA) is 161 Å². The molecule has 0 amide bonds. The number of carbonyl (C=O) groups excluding carboxylic acids is 2. The van der Waals surface area contributed by atoms with Crippen LogP contribution in [-0.2, 0) is 16.0 Å². The molecule has 4 atom stereocenters. The van der Waals surface area contributed by atoms with Crippen LogP contribution in [0.4, 0.5) is 27.8 Å². The summed E-state index contributed by atoms with van der Waals surface area (Å²) < 4.78 is 65.2. The molecule has 11 nitrogen and oxygen atoms in total. The van der Waals surface area contributed by atoms with Gasteiger partial charge in [0.1, 0.15) is 23.1 Å². The minimum Gasteiger partial charge on any atom is -0.389 e. The predicted molar refractivity (Wildman–Crippen MR) is 301 cm³/mol. The lowest BCUT2D eigenvalue weighted by atomic mass is 9.84. The van der Waals surface area contributed by atoms with Gasteiger partial charge < -0.3 is 10.8 Å². The number of pyridine rings is 2. The van der Waals surface area contributed by atoms with E-state index in [2.05, 4.69) is 64.7 Å². The fraction of sp³-hybridized carbons (Fsp3) is 0.593. The van der Waals surface area contributed by atoms with Gasteiger partial charge in [0.2, 0.25) is 0 Å². The molecule has 0 radical (unpaired) electrons. The molecule has 1 aliphatic carbocycles. The van der Waals surface area contributed by atoms with Crippen molar-refractivity contribution < 1.29 is 36.6 Å². The first-order valence-corrected chi connectivity index (χ1v) is 26.0. The van der Waals surface area contributed by atoms with Crippen LogP contribution >= 0.6 is 0 Å². The molecule has 0 spiro atoms. The highest BCUT2D eigenvalue weighted by molar-refractivity contribution is 6.02. The Balaban J connectivity index is 0.00000110. The maximum atomic E-state index is 13.5. The third-order valence-corrected chi connectivity index (χ3v) is 12.3. The molecule has 0 saturated heterocycles. The maximum Gasteiger partial charge on any atom is 0.432 e. The number of Topliss-reactive ketones (excluding diaryl/α,β-unsaturated/α-hetero) is 2. The van der Waals surface area contributed by atoms with Crippen LogP contribution in [-0.4, -0.2) is 85.5 Å². The van der Waals surface area contributed by atoms with Crippen LogP contribution in [0.1, 0.15) is 184 Å². The van der Waals surface area contributed by atoms with Crippen LogP contribution in [0, 0.1) is 42.4 Å². The third kappa shape index (κ3) is 24.2. The van der Waals surface area contributed by atoms with E-state index in [1.807, 2.05) is 60.6 Å². The number of aliphatic hydroxyl groups is 1. The summed E-state index contributed by atoms with van der Waals surface area (Å²) >= 11 is 0. The Morgan fingerprint density at radius 3 is 2.08 bits per heavy atom. The second-order valence-corrected chi connectivity index (χ2v) is 20.8. The largest absolute Gasteiger partial charge is 0.432 e. The second kappa shape index (κ2) is 32.7. The number of nitrogen functional groups attached to an aromatic ring is 1. The number of hydrogen-bond donors (Lipinski definition) is 2. The SMILES string of the molecule is C#C.C/C=C(C=NCC(C)(C)O)/C(C)=C/C(=NC(C)CC(C)(C)CC)C(F)(F)F.CC(=O)C(C)Cc1cnn(C(F)F)c1.CCC.CCCC1(C(=O)C(C)C)CC1c1ccc(-c2cnc(N)c(C=NCC)c2)nc1C. The highest BCUT2D eigenvalue weighted by atomic mass is 19.4. The fourth-order valence-electron chi connectivity index (χ4n) is 8.00. The number of halogens is 5. The Labute approximate surface area is 446 Å². The zero-order chi connectivity index (χ0) is 58.1. The quantitative estimate of drug-likeness (QED) is 0.0464. The van der Waals surface area contributed by atoms with Crippen LogP contribution < -0.4 is 5.73 Å². The first-order valence-electron chi connectivity index (χ1n) is 26.0. The summed E-state index contributed by atoms with van der Waals surface area (Å²) in [6, 6.07) is 5.72. The maximum absolute atomic E-state index is 13.5. The predicted octanol–water partition coefficient (Wildman–Crippen LogP) is 14.6. The summed E-state index contributed by atoms with van der Waals surface area (Å²) in [6.07, 6.45) is 20.0. The van der Waals surface area contributed by atoms with Crippen molar-refractivity contribution in [1.29, 1.82) is 0 Å². The van der Waals surface area contributed by atoms with Crippen molar-refractivity contribution in [1.82, 2.24) is 19.7 Å². The Bertz CT molecular complexity index is 2410. The smallest absolute Gasteiger partial charge is 0.389 e. The van der Waals surface area contributed by atoms with Crippen molar-refractivity contribution >= 4 is 35.5 Å². The van der Waals surface area contributed by atoms with Crippen LogP contribution in [0.5, 0.6) is 0 Å². The Morgan fingerprint density at radius 2 is 1.61 bits per heavy atom. The summed E-state index contributed by atoms with van der Waals surface area (Å²) in [4.78, 5) is 45.3. The molecule has 4 unspecified atom stereocenters. The average molecular weight is 1050 g/mol. The lowest BCUT2D eigenvalue weighted by molar-refractivity contribution is -0.127. The number of nitrogens with zero attached hydrogens (tertiary/aromatic N) is 7. The molecule has 3 heterocycles. The van der Waals surface area contributed by atoms with Crippen LogP contribution in [0.3, 0.4) is 0 Å². The summed E-state index contributed by atoms with van der Waals surface area (Å²) in [5, 5.41) is 13.2. The molecule has 75 heavy (non-hydrogen) atoms. The molecular formula is C59H89F5N8O3. The number of aromatic nitrogens is 4. The lowest BCUT2D eigenvalue weighted by Gasteiger charge is -2.25. The lowest BCUT2D eigenvalue weighted by Crippen LogP contribution is -2.25. The van der Waals surface area contributed by atoms with Crippen molar-refractivity contribution in [2.24, 2.45) is 37.6 Å². The van der Waals surface area contributed by atoms with Gasteiger partial charge in [0.05, 0.1) is 24.0 Å². The van der Waals surface area contributed by atoms with E-state index in [9.17, 15) is 36.6 Å². The molecule has 4 rings (SSSR count). The zero-order valence-corrected chi connectivity index (χ0v) is 48.0. The molecule has 1 aliphatic rings. The van der Waals surface area contributed by atoms with Gasteiger partial charge in [-0.15, -0.1) is 12.8 Å². The molecular weight excluding hydrogens is 964 g/mol. The van der Waals surface area contributed by atoms with Crippen LogP contribution in [0.2, 0.25) is 0 Å². The average Bonchev–Trinajstić information content (AvgIpc) is 3.84. The minimum atomic E-state index is -4.52. The highest BCUT2D eigenvalue weighted by Gasteiger charge is 2.59. The normalized spacial score (nSPS) is 17.0. The fourth-order valence-corrected chi connectivity index (χ4v) is 8.00. The number of aliphatic imine (C=N–C) groups is 3. The minimum absolute atomic E-state index is 0.0507. The number of terminal acetylenes is 1. The van der Waals surface area contributed by atoms with E-state index in [0.717, 1.165) is 54.3 Å². The van der Waals surface area contributed by atoms with Crippen molar-refractivity contribution in [3.63, 3.8) is 0 Å². The molecule has 1 fully saturated rings. The van der Waals surface area contributed by atoms with E-state index in [1.165, 1.54) is 37.5 Å². The molecule has 3 N–H and O–H groups in total. The molecule has 3 aromatic heterocycles. The number of nitrogens with two attached hydrogens (primary N) is 1. The van der Waals surface area contributed by atoms with Crippen LogP contribution in [0.25, 0.3) is 11.3 Å².